The first-order valence-electron chi connectivity index (χ1n) is 9.15. The number of phenolic OH excluding ortho intramolecular Hbond substituents is 1. The molecule has 2 aromatic carbocycles. The molecule has 5 aromatic rings. The second-order valence-electron chi connectivity index (χ2n) is 6.75. The minimum Gasteiger partial charge on any atom is -0.508 e. The van der Waals surface area contributed by atoms with Crippen molar-refractivity contribution in [1.82, 2.24) is 30.1 Å². The molecule has 0 spiro atoms. The Labute approximate surface area is 165 Å². The van der Waals surface area contributed by atoms with Gasteiger partial charge in [0.2, 0.25) is 5.95 Å². The summed E-state index contributed by atoms with van der Waals surface area (Å²) in [5.74, 6) is 0.744. The second kappa shape index (κ2) is 6.83. The van der Waals surface area contributed by atoms with Crippen LogP contribution in [0, 0.1) is 0 Å². The largest absolute Gasteiger partial charge is 0.508 e. The van der Waals surface area contributed by atoms with Crippen LogP contribution in [-0.4, -0.2) is 35.2 Å². The van der Waals surface area contributed by atoms with Crippen LogP contribution in [0.3, 0.4) is 0 Å². The number of nitrogens with zero attached hydrogens (tertiary/aromatic N) is 5. The summed E-state index contributed by atoms with van der Waals surface area (Å²) in [6.45, 7) is 1.96. The highest BCUT2D eigenvalue weighted by Gasteiger charge is 2.12. The van der Waals surface area contributed by atoms with Crippen molar-refractivity contribution < 1.29 is 5.11 Å². The van der Waals surface area contributed by atoms with Crippen molar-refractivity contribution in [2.45, 2.75) is 13.0 Å². The number of anilines is 1. The first kappa shape index (κ1) is 17.1. The Morgan fingerprint density at radius 3 is 2.83 bits per heavy atom. The lowest BCUT2D eigenvalue weighted by molar-refractivity contribution is 0.465. The summed E-state index contributed by atoms with van der Waals surface area (Å²) in [5.41, 5.74) is 4.05. The summed E-state index contributed by atoms with van der Waals surface area (Å²) in [6.07, 6.45) is 5.02. The van der Waals surface area contributed by atoms with Gasteiger partial charge in [0.25, 0.3) is 0 Å². The third kappa shape index (κ3) is 3.10. The SMILES string of the molecule is C[C@@H](Nc1ncc2cc(-c3ncnc4[nH]ncc34)ccc2n1)c1ccccc1O. The van der Waals surface area contributed by atoms with Gasteiger partial charge in [-0.3, -0.25) is 5.10 Å². The standard InChI is InChI=1S/C21H17N7O/c1-12(15-4-2-3-5-18(15)29)26-21-22-9-14-8-13(6-7-17(14)27-21)19-16-10-25-28-20(16)24-11-23-19/h2-12,29H,1H3,(H,22,26,27)(H,23,24,25,28)/t12-/m1/s1. The number of aromatic hydroxyl groups is 1. The molecule has 29 heavy (non-hydrogen) atoms. The zero-order chi connectivity index (χ0) is 19.8. The third-order valence-corrected chi connectivity index (χ3v) is 4.85. The number of rotatable bonds is 4. The number of H-pyrrole nitrogens is 1. The fourth-order valence-corrected chi connectivity index (χ4v) is 3.37. The lowest BCUT2D eigenvalue weighted by Crippen LogP contribution is -2.09. The predicted molar refractivity (Wildman–Crippen MR) is 110 cm³/mol. The molecular weight excluding hydrogens is 366 g/mol. The molecule has 0 radical (unpaired) electrons. The van der Waals surface area contributed by atoms with Gasteiger partial charge in [-0.2, -0.15) is 5.10 Å². The highest BCUT2D eigenvalue weighted by Crippen LogP contribution is 2.28. The Morgan fingerprint density at radius 2 is 1.93 bits per heavy atom. The highest BCUT2D eigenvalue weighted by atomic mass is 16.3. The van der Waals surface area contributed by atoms with Crippen LogP contribution in [0.25, 0.3) is 33.2 Å². The number of benzene rings is 2. The average molecular weight is 383 g/mol. The van der Waals surface area contributed by atoms with Crippen LogP contribution in [0.1, 0.15) is 18.5 Å². The van der Waals surface area contributed by atoms with Gasteiger partial charge in [0.15, 0.2) is 5.65 Å². The molecule has 0 amide bonds. The number of aromatic amines is 1. The van der Waals surface area contributed by atoms with Gasteiger partial charge in [0.05, 0.1) is 28.8 Å². The van der Waals surface area contributed by atoms with Crippen molar-refractivity contribution in [3.8, 4) is 17.0 Å². The summed E-state index contributed by atoms with van der Waals surface area (Å²) < 4.78 is 0. The molecule has 3 N–H and O–H groups in total. The molecule has 0 saturated heterocycles. The van der Waals surface area contributed by atoms with E-state index in [2.05, 4.69) is 35.5 Å². The topological polar surface area (TPSA) is 113 Å². The summed E-state index contributed by atoms with van der Waals surface area (Å²) >= 11 is 0. The maximum absolute atomic E-state index is 10.0. The van der Waals surface area contributed by atoms with E-state index in [0.29, 0.717) is 11.6 Å². The van der Waals surface area contributed by atoms with Crippen LogP contribution >= 0.6 is 0 Å². The molecule has 0 aliphatic rings. The number of phenols is 1. The molecule has 142 valence electrons. The molecule has 0 bridgehead atoms. The Bertz CT molecular complexity index is 1330. The molecule has 5 rings (SSSR count). The molecule has 0 aliphatic heterocycles. The minimum atomic E-state index is -0.136. The number of aromatic nitrogens is 6. The van der Waals surface area contributed by atoms with Gasteiger partial charge in [-0.1, -0.05) is 24.3 Å². The average Bonchev–Trinajstić information content (AvgIpc) is 3.22. The number of fused-ring (bicyclic) bond motifs is 2. The Morgan fingerprint density at radius 1 is 1.03 bits per heavy atom. The Kier molecular flexibility index (Phi) is 4.02. The normalized spacial score (nSPS) is 12.3. The zero-order valence-corrected chi connectivity index (χ0v) is 15.5. The number of hydrogen-bond acceptors (Lipinski definition) is 7. The molecule has 0 aliphatic carbocycles. The number of nitrogens with one attached hydrogen (secondary N) is 2. The van der Waals surface area contributed by atoms with Crippen molar-refractivity contribution in [2.24, 2.45) is 0 Å². The first-order chi connectivity index (χ1) is 14.2. The van der Waals surface area contributed by atoms with Gasteiger partial charge in [0, 0.05) is 22.7 Å². The van der Waals surface area contributed by atoms with E-state index in [4.69, 9.17) is 0 Å². The van der Waals surface area contributed by atoms with E-state index < -0.39 is 0 Å². The Balaban J connectivity index is 1.47. The van der Waals surface area contributed by atoms with Crippen molar-refractivity contribution in [1.29, 1.82) is 0 Å². The molecule has 8 heteroatoms. The molecule has 3 aromatic heterocycles. The molecule has 1 atom stereocenters. The lowest BCUT2D eigenvalue weighted by atomic mass is 10.1. The van der Waals surface area contributed by atoms with Crippen molar-refractivity contribution in [3.63, 3.8) is 0 Å². The van der Waals surface area contributed by atoms with Crippen LogP contribution in [0.5, 0.6) is 5.75 Å². The van der Waals surface area contributed by atoms with Gasteiger partial charge in [-0.25, -0.2) is 19.9 Å². The number of hydrogen-bond donors (Lipinski definition) is 3. The predicted octanol–water partition coefficient (Wildman–Crippen LogP) is 3.84. The maximum atomic E-state index is 10.0. The van der Waals surface area contributed by atoms with Crippen LogP contribution in [-0.2, 0) is 0 Å². The molecular formula is C21H17N7O. The van der Waals surface area contributed by atoms with E-state index in [0.717, 1.165) is 33.1 Å². The van der Waals surface area contributed by atoms with Crippen LogP contribution in [0.2, 0.25) is 0 Å². The number of para-hydroxylation sites is 1. The molecule has 8 nitrogen and oxygen atoms in total. The fourth-order valence-electron chi connectivity index (χ4n) is 3.37. The van der Waals surface area contributed by atoms with Crippen LogP contribution in [0.4, 0.5) is 5.95 Å². The highest BCUT2D eigenvalue weighted by molar-refractivity contribution is 5.93. The van der Waals surface area contributed by atoms with E-state index in [1.54, 1.807) is 24.5 Å². The smallest absolute Gasteiger partial charge is 0.223 e. The zero-order valence-electron chi connectivity index (χ0n) is 15.5. The van der Waals surface area contributed by atoms with E-state index in [-0.39, 0.29) is 11.8 Å². The Hall–Kier alpha value is -4.07. The molecule has 0 unspecified atom stereocenters. The lowest BCUT2D eigenvalue weighted by Gasteiger charge is -2.15. The maximum Gasteiger partial charge on any atom is 0.223 e. The van der Waals surface area contributed by atoms with E-state index in [1.165, 1.54) is 6.33 Å². The van der Waals surface area contributed by atoms with Crippen molar-refractivity contribution in [2.75, 3.05) is 5.32 Å². The quantitative estimate of drug-likeness (QED) is 0.432. The second-order valence-corrected chi connectivity index (χ2v) is 6.75. The van der Waals surface area contributed by atoms with Gasteiger partial charge in [-0.15, -0.1) is 0 Å². The van der Waals surface area contributed by atoms with Crippen LogP contribution < -0.4 is 5.32 Å². The van der Waals surface area contributed by atoms with Crippen molar-refractivity contribution in [3.05, 3.63) is 66.7 Å². The van der Waals surface area contributed by atoms with Crippen LogP contribution in [0.15, 0.2) is 61.2 Å². The fraction of sp³-hybridized carbons (Fsp3) is 0.0952. The minimum absolute atomic E-state index is 0.136. The molecule has 0 saturated carbocycles. The van der Waals surface area contributed by atoms with E-state index in [1.807, 2.05) is 37.3 Å². The monoisotopic (exact) mass is 383 g/mol. The van der Waals surface area contributed by atoms with Crippen molar-refractivity contribution >= 4 is 27.9 Å². The summed E-state index contributed by atoms with van der Waals surface area (Å²) in [5, 5.41) is 21.9. The summed E-state index contributed by atoms with van der Waals surface area (Å²) in [4.78, 5) is 17.6. The summed E-state index contributed by atoms with van der Waals surface area (Å²) in [6, 6.07) is 13.0. The van der Waals surface area contributed by atoms with E-state index in [9.17, 15) is 5.11 Å². The third-order valence-electron chi connectivity index (χ3n) is 4.85. The van der Waals surface area contributed by atoms with Gasteiger partial charge in [0.1, 0.15) is 12.1 Å². The van der Waals surface area contributed by atoms with Gasteiger partial charge in [-0.05, 0) is 25.1 Å². The molecule has 0 fully saturated rings. The summed E-state index contributed by atoms with van der Waals surface area (Å²) in [7, 11) is 0. The first-order valence-corrected chi connectivity index (χ1v) is 9.15. The van der Waals surface area contributed by atoms with Gasteiger partial charge < -0.3 is 10.4 Å². The molecule has 3 heterocycles. The van der Waals surface area contributed by atoms with E-state index >= 15 is 0 Å². The van der Waals surface area contributed by atoms with Gasteiger partial charge >= 0.3 is 0 Å².